The van der Waals surface area contributed by atoms with E-state index < -0.39 is 6.10 Å². The minimum absolute atomic E-state index is 0.285. The third-order valence-electron chi connectivity index (χ3n) is 3.66. The summed E-state index contributed by atoms with van der Waals surface area (Å²) in [4.78, 5) is 4.37. The van der Waals surface area contributed by atoms with Crippen LogP contribution in [0.3, 0.4) is 0 Å². The molecule has 1 aliphatic heterocycles. The number of hydrogen-bond acceptors (Lipinski definition) is 4. The average molecular weight is 264 g/mol. The first-order valence-corrected chi connectivity index (χ1v) is 6.85. The van der Waals surface area contributed by atoms with Crippen molar-refractivity contribution in [3.05, 3.63) is 29.8 Å². The fourth-order valence-electron chi connectivity index (χ4n) is 2.88. The van der Waals surface area contributed by atoms with E-state index in [4.69, 9.17) is 0 Å². The molecular formula is C15H24N2O2. The number of hydrogen-bond donors (Lipinski definition) is 2. The van der Waals surface area contributed by atoms with Gasteiger partial charge in [0.05, 0.1) is 12.2 Å². The van der Waals surface area contributed by atoms with Crippen molar-refractivity contribution in [3.8, 4) is 0 Å². The molecule has 0 saturated carbocycles. The molecule has 2 rings (SSSR count). The molecule has 1 heterocycles. The lowest BCUT2D eigenvalue weighted by atomic mass is 10.1. The topological polar surface area (TPSA) is 46.9 Å². The van der Waals surface area contributed by atoms with Gasteiger partial charge in [-0.05, 0) is 33.5 Å². The van der Waals surface area contributed by atoms with Crippen molar-refractivity contribution in [3.63, 3.8) is 0 Å². The fraction of sp³-hybridized carbons (Fsp3) is 0.600. The van der Waals surface area contributed by atoms with Crippen LogP contribution in [0.1, 0.15) is 25.0 Å². The van der Waals surface area contributed by atoms with Crippen molar-refractivity contribution >= 4 is 5.69 Å². The molecule has 1 aliphatic rings. The number of benzene rings is 1. The number of para-hydroxylation sites is 1. The van der Waals surface area contributed by atoms with Gasteiger partial charge in [-0.25, -0.2) is 0 Å². The highest BCUT2D eigenvalue weighted by Crippen LogP contribution is 2.32. The van der Waals surface area contributed by atoms with Crippen LogP contribution in [0.2, 0.25) is 0 Å². The van der Waals surface area contributed by atoms with Crippen molar-refractivity contribution < 1.29 is 10.2 Å². The van der Waals surface area contributed by atoms with Crippen molar-refractivity contribution in [2.45, 2.75) is 31.6 Å². The Morgan fingerprint density at radius 2 is 2.05 bits per heavy atom. The molecule has 0 bridgehead atoms. The van der Waals surface area contributed by atoms with Crippen molar-refractivity contribution in [2.24, 2.45) is 0 Å². The standard InChI is InChI=1S/C15H24N2O2/c1-11(18)14-6-4-5-7-15(14)17-10-13(19)8-12(17)9-16(2)3/h4-7,11-13,18-19H,8-10H2,1-3H3/t11-,12?,13?/m0/s1. The highest BCUT2D eigenvalue weighted by Gasteiger charge is 2.32. The molecule has 0 aliphatic carbocycles. The van der Waals surface area contributed by atoms with Gasteiger partial charge in [0, 0.05) is 30.4 Å². The highest BCUT2D eigenvalue weighted by molar-refractivity contribution is 5.56. The molecule has 2 unspecified atom stereocenters. The van der Waals surface area contributed by atoms with Crippen molar-refractivity contribution in [1.82, 2.24) is 4.90 Å². The molecule has 1 aromatic carbocycles. The molecular weight excluding hydrogens is 240 g/mol. The quantitative estimate of drug-likeness (QED) is 0.859. The van der Waals surface area contributed by atoms with Crippen LogP contribution in [-0.2, 0) is 0 Å². The number of nitrogens with zero attached hydrogens (tertiary/aromatic N) is 2. The monoisotopic (exact) mass is 264 g/mol. The zero-order chi connectivity index (χ0) is 14.0. The lowest BCUT2D eigenvalue weighted by molar-refractivity contribution is 0.191. The Hall–Kier alpha value is -1.10. The molecule has 2 N–H and O–H groups in total. The summed E-state index contributed by atoms with van der Waals surface area (Å²) in [5, 5.41) is 19.9. The molecule has 1 saturated heterocycles. The average Bonchev–Trinajstić information content (AvgIpc) is 2.69. The van der Waals surface area contributed by atoms with Gasteiger partial charge in [-0.1, -0.05) is 18.2 Å². The molecule has 106 valence electrons. The Morgan fingerprint density at radius 1 is 1.37 bits per heavy atom. The van der Waals surface area contributed by atoms with Crippen molar-refractivity contribution in [2.75, 3.05) is 32.1 Å². The normalized spacial score (nSPS) is 25.1. The first-order valence-electron chi connectivity index (χ1n) is 6.85. The van der Waals surface area contributed by atoms with Crippen LogP contribution in [0.4, 0.5) is 5.69 Å². The summed E-state index contributed by atoms with van der Waals surface area (Å²) in [7, 11) is 4.09. The fourth-order valence-corrected chi connectivity index (χ4v) is 2.88. The van der Waals surface area contributed by atoms with Gasteiger partial charge in [-0.2, -0.15) is 0 Å². The number of aliphatic hydroxyl groups excluding tert-OH is 2. The van der Waals surface area contributed by atoms with E-state index in [9.17, 15) is 10.2 Å². The van der Waals surface area contributed by atoms with E-state index in [1.807, 2.05) is 38.4 Å². The molecule has 0 spiro atoms. The van der Waals surface area contributed by atoms with E-state index in [1.54, 1.807) is 6.92 Å². The second-order valence-corrected chi connectivity index (χ2v) is 5.69. The summed E-state index contributed by atoms with van der Waals surface area (Å²) in [6.07, 6.45) is 0.00716. The van der Waals surface area contributed by atoms with E-state index in [1.165, 1.54) is 0 Å². The molecule has 0 radical (unpaired) electrons. The predicted molar refractivity (Wildman–Crippen MR) is 77.4 cm³/mol. The number of likely N-dealkylation sites (N-methyl/N-ethyl adjacent to an activating group) is 1. The summed E-state index contributed by atoms with van der Waals surface area (Å²) in [6, 6.07) is 8.21. The molecule has 19 heavy (non-hydrogen) atoms. The van der Waals surface area contributed by atoms with Gasteiger partial charge >= 0.3 is 0 Å². The second kappa shape index (κ2) is 5.90. The SMILES string of the molecule is C[C@H](O)c1ccccc1N1CC(O)CC1CN(C)C. The van der Waals surface area contributed by atoms with Gasteiger partial charge in [0.1, 0.15) is 0 Å². The lowest BCUT2D eigenvalue weighted by Crippen LogP contribution is -2.38. The van der Waals surface area contributed by atoms with E-state index in [-0.39, 0.29) is 6.10 Å². The molecule has 0 amide bonds. The first kappa shape index (κ1) is 14.3. The van der Waals surface area contributed by atoms with Crippen LogP contribution < -0.4 is 4.90 Å². The van der Waals surface area contributed by atoms with E-state index in [0.29, 0.717) is 12.6 Å². The van der Waals surface area contributed by atoms with E-state index in [0.717, 1.165) is 24.2 Å². The molecule has 4 heteroatoms. The van der Waals surface area contributed by atoms with Gasteiger partial charge in [0.25, 0.3) is 0 Å². The van der Waals surface area contributed by atoms with Gasteiger partial charge < -0.3 is 20.0 Å². The third kappa shape index (κ3) is 3.26. The largest absolute Gasteiger partial charge is 0.391 e. The van der Waals surface area contributed by atoms with Crippen LogP contribution >= 0.6 is 0 Å². The van der Waals surface area contributed by atoms with E-state index in [2.05, 4.69) is 9.80 Å². The number of β-amino-alcohol motifs (C(OH)–C–C–N with tert-alkyl or cyclic N) is 1. The Morgan fingerprint density at radius 3 is 2.68 bits per heavy atom. The van der Waals surface area contributed by atoms with Gasteiger partial charge in [-0.15, -0.1) is 0 Å². The summed E-state index contributed by atoms with van der Waals surface area (Å²) >= 11 is 0. The maximum atomic E-state index is 9.95. The summed E-state index contributed by atoms with van der Waals surface area (Å²) in [5.74, 6) is 0. The van der Waals surface area contributed by atoms with Gasteiger partial charge in [-0.3, -0.25) is 0 Å². The Kier molecular flexibility index (Phi) is 4.45. The van der Waals surface area contributed by atoms with Crippen LogP contribution in [0.15, 0.2) is 24.3 Å². The Labute approximate surface area is 115 Å². The molecule has 3 atom stereocenters. The predicted octanol–water partition coefficient (Wildman–Crippen LogP) is 1.24. The third-order valence-corrected chi connectivity index (χ3v) is 3.66. The van der Waals surface area contributed by atoms with Crippen LogP contribution in [0, 0.1) is 0 Å². The number of aliphatic hydroxyl groups is 2. The minimum Gasteiger partial charge on any atom is -0.391 e. The van der Waals surface area contributed by atoms with Crippen LogP contribution in [0.5, 0.6) is 0 Å². The summed E-state index contributed by atoms with van der Waals surface area (Å²) in [6.45, 7) is 3.33. The summed E-state index contributed by atoms with van der Waals surface area (Å²) < 4.78 is 0. The van der Waals surface area contributed by atoms with Crippen molar-refractivity contribution in [1.29, 1.82) is 0 Å². The smallest absolute Gasteiger partial charge is 0.0781 e. The van der Waals surface area contributed by atoms with Gasteiger partial charge in [0.2, 0.25) is 0 Å². The number of anilines is 1. The number of rotatable bonds is 4. The van der Waals surface area contributed by atoms with Gasteiger partial charge in [0.15, 0.2) is 0 Å². The molecule has 0 aromatic heterocycles. The first-order chi connectivity index (χ1) is 8.99. The Bertz CT molecular complexity index is 420. The maximum Gasteiger partial charge on any atom is 0.0781 e. The highest BCUT2D eigenvalue weighted by atomic mass is 16.3. The Balaban J connectivity index is 2.28. The molecule has 1 aromatic rings. The second-order valence-electron chi connectivity index (χ2n) is 5.69. The lowest BCUT2D eigenvalue weighted by Gasteiger charge is -2.31. The van der Waals surface area contributed by atoms with E-state index >= 15 is 0 Å². The zero-order valence-corrected chi connectivity index (χ0v) is 12.0. The molecule has 4 nitrogen and oxygen atoms in total. The zero-order valence-electron chi connectivity index (χ0n) is 12.0. The maximum absolute atomic E-state index is 9.95. The molecule has 1 fully saturated rings. The van der Waals surface area contributed by atoms with Crippen LogP contribution in [0.25, 0.3) is 0 Å². The minimum atomic E-state index is -0.492. The van der Waals surface area contributed by atoms with Crippen LogP contribution in [-0.4, -0.2) is 54.4 Å². The summed E-state index contributed by atoms with van der Waals surface area (Å²) in [5.41, 5.74) is 1.97.